The predicted molar refractivity (Wildman–Crippen MR) is 115 cm³/mol. The smallest absolute Gasteiger partial charge is 0.225 e. The molecular formula is C21H23ClN4OS. The Morgan fingerprint density at radius 1 is 1.36 bits per heavy atom. The highest BCUT2D eigenvalue weighted by Gasteiger charge is 2.27. The first-order chi connectivity index (χ1) is 13.6. The number of carbonyl (C=O) groups excluding carboxylic acids is 1. The van der Waals surface area contributed by atoms with Gasteiger partial charge in [0.1, 0.15) is 17.0 Å². The van der Waals surface area contributed by atoms with Crippen LogP contribution in [0.15, 0.2) is 36.7 Å². The molecule has 0 aliphatic carbocycles. The topological polar surface area (TPSA) is 58.1 Å². The van der Waals surface area contributed by atoms with E-state index in [1.807, 2.05) is 24.3 Å². The number of aryl methyl sites for hydroxylation is 1. The third-order valence-corrected chi connectivity index (χ3v) is 6.58. The summed E-state index contributed by atoms with van der Waals surface area (Å²) in [6.07, 6.45) is 4.51. The van der Waals surface area contributed by atoms with Crippen LogP contribution in [0.3, 0.4) is 0 Å². The van der Waals surface area contributed by atoms with E-state index in [9.17, 15) is 4.79 Å². The number of aromatic nitrogens is 2. The first kappa shape index (κ1) is 19.2. The molecule has 2 aromatic heterocycles. The van der Waals surface area contributed by atoms with Gasteiger partial charge in [-0.3, -0.25) is 4.79 Å². The number of halogens is 1. The maximum Gasteiger partial charge on any atom is 0.225 e. The number of rotatable bonds is 5. The van der Waals surface area contributed by atoms with Crippen molar-refractivity contribution in [2.75, 3.05) is 18.0 Å². The van der Waals surface area contributed by atoms with Crippen LogP contribution in [-0.2, 0) is 17.8 Å². The van der Waals surface area contributed by atoms with Crippen LogP contribution in [0.5, 0.6) is 0 Å². The van der Waals surface area contributed by atoms with Crippen molar-refractivity contribution < 1.29 is 4.79 Å². The van der Waals surface area contributed by atoms with Crippen molar-refractivity contribution in [2.45, 2.75) is 32.7 Å². The van der Waals surface area contributed by atoms with E-state index in [0.717, 1.165) is 47.4 Å². The molecule has 1 N–H and O–H groups in total. The normalized spacial score (nSPS) is 17.1. The highest BCUT2D eigenvalue weighted by molar-refractivity contribution is 7.18. The van der Waals surface area contributed by atoms with E-state index >= 15 is 0 Å². The molecule has 0 radical (unpaired) electrons. The first-order valence-corrected chi connectivity index (χ1v) is 10.8. The third kappa shape index (κ3) is 4.13. The molecule has 0 spiro atoms. The van der Waals surface area contributed by atoms with Gasteiger partial charge in [-0.2, -0.15) is 0 Å². The number of nitrogens with zero attached hydrogens (tertiary/aromatic N) is 3. The first-order valence-electron chi connectivity index (χ1n) is 9.64. The van der Waals surface area contributed by atoms with Crippen LogP contribution in [0.25, 0.3) is 10.2 Å². The van der Waals surface area contributed by atoms with Crippen LogP contribution in [0.1, 0.15) is 30.2 Å². The highest BCUT2D eigenvalue weighted by atomic mass is 35.5. The number of piperidine rings is 1. The van der Waals surface area contributed by atoms with Crippen molar-refractivity contribution in [2.24, 2.45) is 5.92 Å². The van der Waals surface area contributed by atoms with Gasteiger partial charge >= 0.3 is 0 Å². The van der Waals surface area contributed by atoms with Gasteiger partial charge in [-0.1, -0.05) is 30.7 Å². The van der Waals surface area contributed by atoms with Crippen molar-refractivity contribution in [1.82, 2.24) is 15.3 Å². The van der Waals surface area contributed by atoms with Gasteiger partial charge in [-0.25, -0.2) is 9.97 Å². The number of hydrogen-bond donors (Lipinski definition) is 1. The fraction of sp³-hybridized carbons (Fsp3) is 0.381. The summed E-state index contributed by atoms with van der Waals surface area (Å²) in [5.41, 5.74) is 1.01. The summed E-state index contributed by atoms with van der Waals surface area (Å²) in [4.78, 5) is 26.3. The minimum atomic E-state index is -0.0396. The molecule has 1 aromatic carbocycles. The molecule has 7 heteroatoms. The minimum Gasteiger partial charge on any atom is -0.355 e. The number of hydrogen-bond acceptors (Lipinski definition) is 5. The Balaban J connectivity index is 1.45. The summed E-state index contributed by atoms with van der Waals surface area (Å²) in [6.45, 7) is 4.25. The predicted octanol–water partition coefficient (Wildman–Crippen LogP) is 4.44. The summed E-state index contributed by atoms with van der Waals surface area (Å²) < 4.78 is 0. The zero-order chi connectivity index (χ0) is 19.5. The van der Waals surface area contributed by atoms with Gasteiger partial charge in [0.2, 0.25) is 5.91 Å². The van der Waals surface area contributed by atoms with Crippen LogP contribution in [0.4, 0.5) is 5.82 Å². The van der Waals surface area contributed by atoms with Gasteiger partial charge in [0, 0.05) is 29.5 Å². The summed E-state index contributed by atoms with van der Waals surface area (Å²) in [5, 5.41) is 4.85. The molecule has 1 aliphatic heterocycles. The van der Waals surface area contributed by atoms with Crippen molar-refractivity contribution >= 4 is 44.9 Å². The average Bonchev–Trinajstić information content (AvgIpc) is 3.15. The molecule has 3 heterocycles. The Morgan fingerprint density at radius 2 is 2.25 bits per heavy atom. The molecule has 1 amide bonds. The van der Waals surface area contributed by atoms with Crippen molar-refractivity contribution in [3.63, 3.8) is 0 Å². The van der Waals surface area contributed by atoms with Crippen LogP contribution in [0.2, 0.25) is 5.02 Å². The molecule has 3 aromatic rings. The second-order valence-electron chi connectivity index (χ2n) is 7.12. The minimum absolute atomic E-state index is 0.0396. The molecule has 0 saturated carbocycles. The maximum atomic E-state index is 12.7. The lowest BCUT2D eigenvalue weighted by atomic mass is 9.97. The molecular weight excluding hydrogens is 392 g/mol. The van der Waals surface area contributed by atoms with Crippen LogP contribution < -0.4 is 10.2 Å². The molecule has 4 rings (SSSR count). The number of nitrogens with one attached hydrogen (secondary N) is 1. The van der Waals surface area contributed by atoms with Gasteiger partial charge in [0.15, 0.2) is 0 Å². The molecule has 0 unspecified atom stereocenters. The number of fused-ring (bicyclic) bond motifs is 1. The summed E-state index contributed by atoms with van der Waals surface area (Å²) in [7, 11) is 0. The highest BCUT2D eigenvalue weighted by Crippen LogP contribution is 2.32. The standard InChI is InChI=1S/C21H23ClN4OS/c1-2-17-10-18-19(24-13-25-21(18)28-17)26-8-4-6-15(12-26)20(27)23-11-14-5-3-7-16(22)9-14/h3,5,7,9-10,13,15H,2,4,6,8,11-12H2,1H3,(H,23,27)/t15-/m1/s1. The van der Waals surface area contributed by atoms with Crippen LogP contribution in [-0.4, -0.2) is 29.0 Å². The second kappa shape index (κ2) is 8.45. The van der Waals surface area contributed by atoms with E-state index in [1.165, 1.54) is 4.88 Å². The molecule has 0 bridgehead atoms. The molecule has 1 aliphatic rings. The fourth-order valence-electron chi connectivity index (χ4n) is 3.68. The Hall–Kier alpha value is -2.18. The molecule has 146 valence electrons. The van der Waals surface area contributed by atoms with Crippen LogP contribution in [0, 0.1) is 5.92 Å². The third-order valence-electron chi connectivity index (χ3n) is 5.16. The van der Waals surface area contributed by atoms with Gasteiger partial charge in [-0.15, -0.1) is 11.3 Å². The Kier molecular flexibility index (Phi) is 5.78. The van der Waals surface area contributed by atoms with E-state index < -0.39 is 0 Å². The summed E-state index contributed by atoms with van der Waals surface area (Å²) in [5.74, 6) is 1.00. The second-order valence-corrected chi connectivity index (χ2v) is 8.67. The van der Waals surface area contributed by atoms with Crippen molar-refractivity contribution in [3.8, 4) is 0 Å². The Morgan fingerprint density at radius 3 is 3.07 bits per heavy atom. The molecule has 1 fully saturated rings. The van der Waals surface area contributed by atoms with Gasteiger partial charge < -0.3 is 10.2 Å². The van der Waals surface area contributed by atoms with Gasteiger partial charge in [-0.05, 0) is 43.0 Å². The molecule has 5 nitrogen and oxygen atoms in total. The quantitative estimate of drug-likeness (QED) is 0.670. The number of amides is 1. The lowest BCUT2D eigenvalue weighted by molar-refractivity contribution is -0.125. The van der Waals surface area contributed by atoms with E-state index in [1.54, 1.807) is 17.7 Å². The van der Waals surface area contributed by atoms with Gasteiger partial charge in [0.25, 0.3) is 0 Å². The molecule has 1 saturated heterocycles. The monoisotopic (exact) mass is 414 g/mol. The lowest BCUT2D eigenvalue weighted by Crippen LogP contribution is -2.43. The number of carbonyl (C=O) groups is 1. The van der Waals surface area contributed by atoms with Gasteiger partial charge in [0.05, 0.1) is 11.3 Å². The maximum absolute atomic E-state index is 12.7. The SMILES string of the molecule is CCc1cc2c(N3CCC[C@@H](C(=O)NCc4cccc(Cl)c4)C3)ncnc2s1. The van der Waals surface area contributed by atoms with Crippen LogP contribution >= 0.6 is 22.9 Å². The average molecular weight is 415 g/mol. The van der Waals surface area contributed by atoms with E-state index in [-0.39, 0.29) is 11.8 Å². The van der Waals surface area contributed by atoms with E-state index in [2.05, 4.69) is 33.2 Å². The Bertz CT molecular complexity index is 989. The molecule has 1 atom stereocenters. The summed E-state index contributed by atoms with van der Waals surface area (Å²) >= 11 is 7.75. The van der Waals surface area contributed by atoms with E-state index in [0.29, 0.717) is 18.1 Å². The zero-order valence-electron chi connectivity index (χ0n) is 15.8. The number of anilines is 1. The number of thiophene rings is 1. The van der Waals surface area contributed by atoms with Crippen molar-refractivity contribution in [3.05, 3.63) is 52.1 Å². The lowest BCUT2D eigenvalue weighted by Gasteiger charge is -2.33. The fourth-order valence-corrected chi connectivity index (χ4v) is 4.83. The summed E-state index contributed by atoms with van der Waals surface area (Å²) in [6, 6.07) is 9.78. The zero-order valence-corrected chi connectivity index (χ0v) is 17.4. The Labute approximate surface area is 173 Å². The number of benzene rings is 1. The molecule has 28 heavy (non-hydrogen) atoms. The van der Waals surface area contributed by atoms with Crippen molar-refractivity contribution in [1.29, 1.82) is 0 Å². The largest absolute Gasteiger partial charge is 0.355 e. The van der Waals surface area contributed by atoms with E-state index in [4.69, 9.17) is 11.6 Å².